The summed E-state index contributed by atoms with van der Waals surface area (Å²) in [5.41, 5.74) is 1.29. The van der Waals surface area contributed by atoms with E-state index in [2.05, 4.69) is 32.3 Å². The van der Waals surface area contributed by atoms with Crippen LogP contribution in [-0.2, 0) is 6.54 Å². The summed E-state index contributed by atoms with van der Waals surface area (Å²) in [6.07, 6.45) is 4.65. The van der Waals surface area contributed by atoms with Gasteiger partial charge in [-0.2, -0.15) is 0 Å². The third-order valence-corrected chi connectivity index (χ3v) is 2.68. The van der Waals surface area contributed by atoms with Gasteiger partial charge in [0.1, 0.15) is 4.60 Å². The number of nitrogens with one attached hydrogen (secondary N) is 1. The fraction of sp³-hybridized carbons (Fsp3) is 0.500. The van der Waals surface area contributed by atoms with Crippen LogP contribution in [0, 0.1) is 5.92 Å². The molecule has 0 unspecified atom stereocenters. The van der Waals surface area contributed by atoms with Crippen LogP contribution in [0.3, 0.4) is 0 Å². The molecule has 0 aliphatic heterocycles. The van der Waals surface area contributed by atoms with E-state index in [1.807, 2.05) is 12.3 Å². The van der Waals surface area contributed by atoms with E-state index >= 15 is 0 Å². The van der Waals surface area contributed by atoms with Gasteiger partial charge in [-0.05, 0) is 58.9 Å². The summed E-state index contributed by atoms with van der Waals surface area (Å²) >= 11 is 3.36. The average molecular weight is 241 g/mol. The van der Waals surface area contributed by atoms with Crippen molar-refractivity contribution in [2.75, 3.05) is 6.54 Å². The van der Waals surface area contributed by atoms with Crippen molar-refractivity contribution in [1.29, 1.82) is 0 Å². The van der Waals surface area contributed by atoms with Crippen LogP contribution in [0.15, 0.2) is 22.9 Å². The number of hydrogen-bond acceptors (Lipinski definition) is 2. The molecule has 2 nitrogen and oxygen atoms in total. The van der Waals surface area contributed by atoms with Crippen LogP contribution in [0.25, 0.3) is 0 Å². The van der Waals surface area contributed by atoms with Crippen molar-refractivity contribution in [3.63, 3.8) is 0 Å². The van der Waals surface area contributed by atoms with E-state index in [4.69, 9.17) is 0 Å². The minimum atomic E-state index is 0.915. The van der Waals surface area contributed by atoms with Crippen molar-refractivity contribution in [3.8, 4) is 0 Å². The first-order valence-electron chi connectivity index (χ1n) is 4.66. The molecule has 1 aromatic heterocycles. The second-order valence-corrected chi connectivity index (χ2v) is 4.37. The Morgan fingerprint density at radius 1 is 1.54 bits per heavy atom. The predicted octanol–water partition coefficient (Wildman–Crippen LogP) is 2.34. The second-order valence-electron chi connectivity index (χ2n) is 3.56. The Hall–Kier alpha value is -0.410. The maximum Gasteiger partial charge on any atom is 0.106 e. The van der Waals surface area contributed by atoms with E-state index in [9.17, 15) is 0 Å². The topological polar surface area (TPSA) is 24.9 Å². The number of rotatable bonds is 4. The number of aromatic nitrogens is 1. The highest BCUT2D eigenvalue weighted by Crippen LogP contribution is 2.27. The van der Waals surface area contributed by atoms with Crippen LogP contribution >= 0.6 is 15.9 Å². The van der Waals surface area contributed by atoms with Gasteiger partial charge in [-0.3, -0.25) is 0 Å². The lowest BCUT2D eigenvalue weighted by Gasteiger charge is -2.03. The normalized spacial score (nSPS) is 16.1. The van der Waals surface area contributed by atoms with Crippen LogP contribution in [0.2, 0.25) is 0 Å². The van der Waals surface area contributed by atoms with E-state index in [1.165, 1.54) is 24.9 Å². The fourth-order valence-corrected chi connectivity index (χ4v) is 1.71. The molecule has 1 aromatic rings. The van der Waals surface area contributed by atoms with Crippen LogP contribution < -0.4 is 5.32 Å². The predicted molar refractivity (Wildman–Crippen MR) is 56.4 cm³/mol. The van der Waals surface area contributed by atoms with Crippen LogP contribution in [0.5, 0.6) is 0 Å². The van der Waals surface area contributed by atoms with E-state index in [0.29, 0.717) is 0 Å². The molecule has 1 fully saturated rings. The quantitative estimate of drug-likeness (QED) is 0.818. The minimum absolute atomic E-state index is 0.915. The van der Waals surface area contributed by atoms with Crippen molar-refractivity contribution in [1.82, 2.24) is 10.3 Å². The summed E-state index contributed by atoms with van der Waals surface area (Å²) in [6.45, 7) is 2.12. The molecule has 1 N–H and O–H groups in total. The summed E-state index contributed by atoms with van der Waals surface area (Å²) < 4.78 is 0.915. The molecule has 0 atom stereocenters. The number of nitrogens with zero attached hydrogens (tertiary/aromatic N) is 1. The largest absolute Gasteiger partial charge is 0.312 e. The highest BCUT2D eigenvalue weighted by molar-refractivity contribution is 9.10. The molecule has 2 rings (SSSR count). The highest BCUT2D eigenvalue weighted by atomic mass is 79.9. The molecule has 1 saturated carbocycles. The smallest absolute Gasteiger partial charge is 0.106 e. The van der Waals surface area contributed by atoms with Crippen LogP contribution in [-0.4, -0.2) is 11.5 Å². The zero-order valence-corrected chi connectivity index (χ0v) is 9.05. The van der Waals surface area contributed by atoms with E-state index in [-0.39, 0.29) is 0 Å². The first kappa shape index (κ1) is 9.16. The van der Waals surface area contributed by atoms with Gasteiger partial charge >= 0.3 is 0 Å². The lowest BCUT2D eigenvalue weighted by Crippen LogP contribution is -2.16. The summed E-state index contributed by atoms with van der Waals surface area (Å²) in [4.78, 5) is 4.08. The van der Waals surface area contributed by atoms with Gasteiger partial charge in [0.2, 0.25) is 0 Å². The first-order chi connectivity index (χ1) is 6.34. The summed E-state index contributed by atoms with van der Waals surface area (Å²) in [6, 6.07) is 4.10. The Labute approximate surface area is 86.9 Å². The summed E-state index contributed by atoms with van der Waals surface area (Å²) in [7, 11) is 0. The average Bonchev–Trinajstić information content (AvgIpc) is 2.88. The van der Waals surface area contributed by atoms with Crippen molar-refractivity contribution in [3.05, 3.63) is 28.5 Å². The van der Waals surface area contributed by atoms with Crippen molar-refractivity contribution >= 4 is 15.9 Å². The zero-order valence-electron chi connectivity index (χ0n) is 7.46. The van der Waals surface area contributed by atoms with Crippen molar-refractivity contribution < 1.29 is 0 Å². The van der Waals surface area contributed by atoms with Gasteiger partial charge in [0.15, 0.2) is 0 Å². The van der Waals surface area contributed by atoms with Crippen LogP contribution in [0.1, 0.15) is 18.4 Å². The molecule has 0 spiro atoms. The molecule has 1 aliphatic carbocycles. The summed E-state index contributed by atoms with van der Waals surface area (Å²) in [5, 5.41) is 3.44. The highest BCUT2D eigenvalue weighted by Gasteiger charge is 2.19. The Balaban J connectivity index is 1.79. The number of halogens is 1. The monoisotopic (exact) mass is 240 g/mol. The van der Waals surface area contributed by atoms with Gasteiger partial charge in [0, 0.05) is 12.7 Å². The second kappa shape index (κ2) is 4.20. The van der Waals surface area contributed by atoms with Gasteiger partial charge in [-0.1, -0.05) is 0 Å². The number of hydrogen-bond donors (Lipinski definition) is 1. The lowest BCUT2D eigenvalue weighted by molar-refractivity contribution is 0.638. The van der Waals surface area contributed by atoms with Gasteiger partial charge in [0.05, 0.1) is 0 Å². The molecule has 0 bridgehead atoms. The Kier molecular flexibility index (Phi) is 2.96. The van der Waals surface area contributed by atoms with E-state index < -0.39 is 0 Å². The van der Waals surface area contributed by atoms with E-state index in [0.717, 1.165) is 17.1 Å². The molecule has 1 heterocycles. The SMILES string of the molecule is Brc1cc(CNCC2CC2)ccn1. The molecule has 70 valence electrons. The lowest BCUT2D eigenvalue weighted by atomic mass is 10.2. The molecular formula is C10H13BrN2. The third-order valence-electron chi connectivity index (χ3n) is 2.25. The molecule has 1 aliphatic rings. The van der Waals surface area contributed by atoms with E-state index in [1.54, 1.807) is 0 Å². The first-order valence-corrected chi connectivity index (χ1v) is 5.45. The molecule has 0 saturated heterocycles. The molecular weight excluding hydrogens is 228 g/mol. The Morgan fingerprint density at radius 2 is 2.38 bits per heavy atom. The number of pyridine rings is 1. The van der Waals surface area contributed by atoms with Gasteiger partial charge in [0.25, 0.3) is 0 Å². The molecule has 13 heavy (non-hydrogen) atoms. The maximum absolute atomic E-state index is 4.08. The fourth-order valence-electron chi connectivity index (χ4n) is 1.30. The van der Waals surface area contributed by atoms with Crippen molar-refractivity contribution in [2.24, 2.45) is 5.92 Å². The van der Waals surface area contributed by atoms with Gasteiger partial charge < -0.3 is 5.32 Å². The third kappa shape index (κ3) is 3.08. The van der Waals surface area contributed by atoms with Crippen molar-refractivity contribution in [2.45, 2.75) is 19.4 Å². The van der Waals surface area contributed by atoms with Gasteiger partial charge in [-0.15, -0.1) is 0 Å². The molecule has 0 radical (unpaired) electrons. The minimum Gasteiger partial charge on any atom is -0.312 e. The van der Waals surface area contributed by atoms with Crippen LogP contribution in [0.4, 0.5) is 0 Å². The molecule has 3 heteroatoms. The summed E-state index contributed by atoms with van der Waals surface area (Å²) in [5.74, 6) is 0.949. The molecule has 0 amide bonds. The Morgan fingerprint density at radius 3 is 3.08 bits per heavy atom. The van der Waals surface area contributed by atoms with Gasteiger partial charge in [-0.25, -0.2) is 4.98 Å². The maximum atomic E-state index is 4.08. The zero-order chi connectivity index (χ0) is 9.10. The Bertz CT molecular complexity index is 284. The molecule has 0 aromatic carbocycles. The standard InChI is InChI=1S/C10H13BrN2/c11-10-5-9(3-4-13-10)7-12-6-8-1-2-8/h3-5,8,12H,1-2,6-7H2.